The lowest BCUT2D eigenvalue weighted by Crippen LogP contribution is -2.11. The van der Waals surface area contributed by atoms with E-state index in [1.807, 2.05) is 6.07 Å². The molecule has 1 aliphatic heterocycles. The molecule has 1 aliphatic rings. The van der Waals surface area contributed by atoms with Gasteiger partial charge in [-0.15, -0.1) is 0 Å². The van der Waals surface area contributed by atoms with E-state index in [1.165, 1.54) is 0 Å². The van der Waals surface area contributed by atoms with Crippen LogP contribution in [0.1, 0.15) is 21.9 Å². The van der Waals surface area contributed by atoms with Crippen LogP contribution in [-0.4, -0.2) is 12.7 Å². The molecule has 1 amide bonds. The van der Waals surface area contributed by atoms with Crippen molar-refractivity contribution in [3.8, 4) is 23.3 Å². The zero-order valence-corrected chi connectivity index (χ0v) is 14.1. The minimum atomic E-state index is -0.438. The van der Waals surface area contributed by atoms with Crippen LogP contribution in [0.3, 0.4) is 0 Å². The third kappa shape index (κ3) is 3.55. The predicted octanol–water partition coefficient (Wildman–Crippen LogP) is 3.71. The number of hydrogen-bond acceptors (Lipinski definition) is 6. The van der Waals surface area contributed by atoms with Crippen molar-refractivity contribution in [3.05, 3.63) is 71.7 Å². The largest absolute Gasteiger partial charge is 0.486 e. The van der Waals surface area contributed by atoms with E-state index in [0.717, 1.165) is 0 Å². The van der Waals surface area contributed by atoms with E-state index in [2.05, 4.69) is 5.32 Å². The number of benzene rings is 2. The first-order chi connectivity index (χ1) is 13.2. The van der Waals surface area contributed by atoms with E-state index in [1.54, 1.807) is 54.6 Å². The zero-order valence-electron chi connectivity index (χ0n) is 14.1. The van der Waals surface area contributed by atoms with E-state index in [9.17, 15) is 4.79 Å². The number of anilines is 1. The van der Waals surface area contributed by atoms with Gasteiger partial charge in [0.1, 0.15) is 24.2 Å². The van der Waals surface area contributed by atoms with Gasteiger partial charge in [0.2, 0.25) is 6.79 Å². The molecule has 1 N–H and O–H groups in total. The Balaban J connectivity index is 1.39. The highest BCUT2D eigenvalue weighted by Crippen LogP contribution is 2.35. The maximum atomic E-state index is 12.3. The van der Waals surface area contributed by atoms with Gasteiger partial charge >= 0.3 is 0 Å². The van der Waals surface area contributed by atoms with Gasteiger partial charge in [-0.2, -0.15) is 5.26 Å². The van der Waals surface area contributed by atoms with Crippen molar-refractivity contribution in [2.45, 2.75) is 6.61 Å². The number of hydrogen-bond donors (Lipinski definition) is 1. The van der Waals surface area contributed by atoms with Crippen LogP contribution in [-0.2, 0) is 6.61 Å². The zero-order chi connectivity index (χ0) is 18.6. The molecule has 0 radical (unpaired) electrons. The smallest absolute Gasteiger partial charge is 0.291 e. The molecule has 2 heterocycles. The second kappa shape index (κ2) is 7.14. The second-order valence-corrected chi connectivity index (χ2v) is 5.68. The molecule has 0 aliphatic carbocycles. The number of nitriles is 1. The summed E-state index contributed by atoms with van der Waals surface area (Å²) in [5.74, 6) is 2.09. The Morgan fingerprint density at radius 3 is 2.85 bits per heavy atom. The molecule has 1 aromatic heterocycles. The van der Waals surface area contributed by atoms with Gasteiger partial charge in [0.05, 0.1) is 11.3 Å². The number of nitrogens with one attached hydrogen (secondary N) is 1. The lowest BCUT2D eigenvalue weighted by Gasteiger charge is -2.06. The number of carbonyl (C=O) groups excluding carboxylic acids is 1. The van der Waals surface area contributed by atoms with Crippen LogP contribution in [0.4, 0.5) is 5.69 Å². The first-order valence-electron chi connectivity index (χ1n) is 8.14. The Kier molecular flexibility index (Phi) is 4.37. The van der Waals surface area contributed by atoms with E-state index in [0.29, 0.717) is 34.3 Å². The number of ether oxygens (including phenoxy) is 3. The van der Waals surface area contributed by atoms with Crippen molar-refractivity contribution in [1.29, 1.82) is 5.26 Å². The molecule has 3 aromatic rings. The van der Waals surface area contributed by atoms with Crippen molar-refractivity contribution < 1.29 is 23.4 Å². The lowest BCUT2D eigenvalue weighted by atomic mass is 10.2. The third-order valence-corrected chi connectivity index (χ3v) is 3.91. The van der Waals surface area contributed by atoms with E-state index in [4.69, 9.17) is 23.9 Å². The fourth-order valence-corrected chi connectivity index (χ4v) is 2.57. The monoisotopic (exact) mass is 362 g/mol. The Morgan fingerprint density at radius 2 is 1.96 bits per heavy atom. The van der Waals surface area contributed by atoms with Gasteiger partial charge in [0.15, 0.2) is 17.3 Å². The van der Waals surface area contributed by atoms with Crippen LogP contribution in [0.5, 0.6) is 17.2 Å². The molecule has 27 heavy (non-hydrogen) atoms. The van der Waals surface area contributed by atoms with Crippen molar-refractivity contribution in [2.24, 2.45) is 0 Å². The summed E-state index contributed by atoms with van der Waals surface area (Å²) in [6, 6.07) is 17.3. The number of furan rings is 1. The standard InChI is InChI=1S/C20H14N2O5/c21-10-13-3-1-2-4-16(13)22-20(23)18-8-6-15(27-18)11-24-14-5-7-17-19(9-14)26-12-25-17/h1-9H,11-12H2,(H,22,23). The summed E-state index contributed by atoms with van der Waals surface area (Å²) in [6.07, 6.45) is 0. The fraction of sp³-hybridized carbons (Fsp3) is 0.100. The van der Waals surface area contributed by atoms with Gasteiger partial charge in [0, 0.05) is 6.07 Å². The maximum absolute atomic E-state index is 12.3. The van der Waals surface area contributed by atoms with Crippen LogP contribution in [0.15, 0.2) is 59.0 Å². The van der Waals surface area contributed by atoms with Crippen molar-refractivity contribution >= 4 is 11.6 Å². The number of rotatable bonds is 5. The van der Waals surface area contributed by atoms with E-state index >= 15 is 0 Å². The van der Waals surface area contributed by atoms with Gasteiger partial charge in [-0.05, 0) is 36.4 Å². The highest BCUT2D eigenvalue weighted by molar-refractivity contribution is 6.03. The molecule has 7 heteroatoms. The third-order valence-electron chi connectivity index (χ3n) is 3.91. The molecule has 4 rings (SSSR count). The number of fused-ring (bicyclic) bond motifs is 1. The Hall–Kier alpha value is -3.92. The Labute approximate surface area is 154 Å². The highest BCUT2D eigenvalue weighted by Gasteiger charge is 2.15. The van der Waals surface area contributed by atoms with Crippen molar-refractivity contribution in [3.63, 3.8) is 0 Å². The minimum Gasteiger partial charge on any atom is -0.486 e. The second-order valence-electron chi connectivity index (χ2n) is 5.68. The van der Waals surface area contributed by atoms with Gasteiger partial charge in [-0.3, -0.25) is 4.79 Å². The van der Waals surface area contributed by atoms with Crippen LogP contribution in [0, 0.1) is 11.3 Å². The van der Waals surface area contributed by atoms with Crippen LogP contribution in [0.2, 0.25) is 0 Å². The van der Waals surface area contributed by atoms with Crippen molar-refractivity contribution in [1.82, 2.24) is 0 Å². The Bertz CT molecular complexity index is 1030. The fourth-order valence-electron chi connectivity index (χ4n) is 2.57. The van der Waals surface area contributed by atoms with Crippen LogP contribution in [0.25, 0.3) is 0 Å². The van der Waals surface area contributed by atoms with Gasteiger partial charge in [0.25, 0.3) is 5.91 Å². The first-order valence-corrected chi connectivity index (χ1v) is 8.14. The average molecular weight is 362 g/mol. The number of amides is 1. The summed E-state index contributed by atoms with van der Waals surface area (Å²) in [5, 5.41) is 11.8. The summed E-state index contributed by atoms with van der Waals surface area (Å²) in [4.78, 5) is 12.3. The molecule has 7 nitrogen and oxygen atoms in total. The molecule has 0 unspecified atom stereocenters. The SMILES string of the molecule is N#Cc1ccccc1NC(=O)c1ccc(COc2ccc3c(c2)OCO3)o1. The van der Waals surface area contributed by atoms with Crippen molar-refractivity contribution in [2.75, 3.05) is 12.1 Å². The molecular weight excluding hydrogens is 348 g/mol. The summed E-state index contributed by atoms with van der Waals surface area (Å²) < 4.78 is 21.7. The summed E-state index contributed by atoms with van der Waals surface area (Å²) >= 11 is 0. The van der Waals surface area contributed by atoms with Gasteiger partial charge in [-0.1, -0.05) is 12.1 Å². The molecule has 2 aromatic carbocycles. The average Bonchev–Trinajstić information content (AvgIpc) is 3.35. The first kappa shape index (κ1) is 16.5. The van der Waals surface area contributed by atoms with Gasteiger partial charge in [-0.25, -0.2) is 0 Å². The normalized spacial score (nSPS) is 11.7. The maximum Gasteiger partial charge on any atom is 0.291 e. The lowest BCUT2D eigenvalue weighted by molar-refractivity contribution is 0.0992. The molecule has 0 spiro atoms. The Morgan fingerprint density at radius 1 is 1.11 bits per heavy atom. The molecule has 0 saturated carbocycles. The minimum absolute atomic E-state index is 0.132. The summed E-state index contributed by atoms with van der Waals surface area (Å²) in [6.45, 7) is 0.353. The number of carbonyl (C=O) groups is 1. The van der Waals surface area contributed by atoms with E-state index in [-0.39, 0.29) is 19.2 Å². The molecule has 0 atom stereocenters. The van der Waals surface area contributed by atoms with Gasteiger partial charge < -0.3 is 23.9 Å². The van der Waals surface area contributed by atoms with E-state index < -0.39 is 5.91 Å². The number of para-hydroxylation sites is 1. The molecule has 0 fully saturated rings. The number of nitrogens with zero attached hydrogens (tertiary/aromatic N) is 1. The van der Waals surface area contributed by atoms with Crippen LogP contribution >= 0.6 is 0 Å². The topological polar surface area (TPSA) is 93.7 Å². The molecule has 0 bridgehead atoms. The molecule has 0 saturated heterocycles. The highest BCUT2D eigenvalue weighted by atomic mass is 16.7. The molecular formula is C20H14N2O5. The van der Waals surface area contributed by atoms with Crippen LogP contribution < -0.4 is 19.5 Å². The quantitative estimate of drug-likeness (QED) is 0.744. The summed E-state index contributed by atoms with van der Waals surface area (Å²) in [5.41, 5.74) is 0.809. The predicted molar refractivity (Wildman–Crippen MR) is 94.7 cm³/mol. The summed E-state index contributed by atoms with van der Waals surface area (Å²) in [7, 11) is 0. The molecule has 134 valence electrons.